The average molecular weight is 550 g/mol. The van der Waals surface area contributed by atoms with Crippen LogP contribution in [-0.2, 0) is 0 Å². The zero-order valence-electron chi connectivity index (χ0n) is 20.6. The first-order valence-electron chi connectivity index (χ1n) is 12.4. The summed E-state index contributed by atoms with van der Waals surface area (Å²) < 4.78 is 42.6. The molecule has 1 saturated carbocycles. The van der Waals surface area contributed by atoms with Crippen LogP contribution in [0, 0.1) is 5.92 Å². The van der Waals surface area contributed by atoms with Crippen molar-refractivity contribution in [2.24, 2.45) is 5.92 Å². The predicted molar refractivity (Wildman–Crippen MR) is 141 cm³/mol. The molecule has 1 aliphatic heterocycles. The first kappa shape index (κ1) is 30.7. The number of halogens is 5. The Bertz CT molecular complexity index is 911. The Kier molecular flexibility index (Phi) is 11.8. The molecule has 4 rings (SSSR count). The fraction of sp³-hybridized carbons (Fsp3) is 0.556. The molecule has 0 aromatic heterocycles. The van der Waals surface area contributed by atoms with Crippen LogP contribution >= 0.6 is 24.8 Å². The van der Waals surface area contributed by atoms with E-state index in [9.17, 15) is 18.3 Å². The standard InChI is InChI=1S/C27H35F3N2O2.2ClH/c1-20(21-8-3-2-4-9-21)32-16-14-31(15-17-32)19-25(24-12-5-6-13-26(24)33)22-10-7-11-23(18-22)34-27(28,29)30;;/h2-4,7-11,18,20,24-26,33H,5-6,12-17,19H2,1H3;2*1H/t20-,24?,25+,26?;;/m0../s1. The minimum Gasteiger partial charge on any atom is -0.406 e. The summed E-state index contributed by atoms with van der Waals surface area (Å²) in [6.45, 7) is 6.63. The summed E-state index contributed by atoms with van der Waals surface area (Å²) in [7, 11) is 0. The van der Waals surface area contributed by atoms with E-state index < -0.39 is 12.5 Å². The molecule has 2 unspecified atom stereocenters. The lowest BCUT2D eigenvalue weighted by Crippen LogP contribution is -2.49. The molecule has 1 N–H and O–H groups in total. The average Bonchev–Trinajstić information content (AvgIpc) is 2.83. The molecule has 4 nitrogen and oxygen atoms in total. The van der Waals surface area contributed by atoms with Crippen LogP contribution in [0.3, 0.4) is 0 Å². The molecule has 36 heavy (non-hydrogen) atoms. The molecule has 0 radical (unpaired) electrons. The predicted octanol–water partition coefficient (Wildman–Crippen LogP) is 6.44. The van der Waals surface area contributed by atoms with Gasteiger partial charge in [-0.1, -0.05) is 55.3 Å². The molecule has 0 bridgehead atoms. The maximum Gasteiger partial charge on any atom is 0.573 e. The van der Waals surface area contributed by atoms with Crippen molar-refractivity contribution in [2.45, 2.75) is 57.0 Å². The third-order valence-electron chi connectivity index (χ3n) is 7.51. The van der Waals surface area contributed by atoms with Gasteiger partial charge in [-0.2, -0.15) is 0 Å². The number of hydrogen-bond acceptors (Lipinski definition) is 4. The van der Waals surface area contributed by atoms with Crippen molar-refractivity contribution in [3.05, 3.63) is 65.7 Å². The van der Waals surface area contributed by atoms with E-state index in [0.29, 0.717) is 6.04 Å². The number of aliphatic hydroxyl groups is 1. The molecular weight excluding hydrogens is 512 g/mol. The van der Waals surface area contributed by atoms with Crippen molar-refractivity contribution in [3.63, 3.8) is 0 Å². The minimum atomic E-state index is -4.72. The Morgan fingerprint density at radius 3 is 2.19 bits per heavy atom. The van der Waals surface area contributed by atoms with Crippen LogP contribution in [0.5, 0.6) is 5.75 Å². The molecule has 4 atom stereocenters. The maximum absolute atomic E-state index is 12.8. The molecule has 0 amide bonds. The van der Waals surface area contributed by atoms with Gasteiger partial charge >= 0.3 is 6.36 Å². The number of ether oxygens (including phenoxy) is 1. The van der Waals surface area contributed by atoms with Crippen molar-refractivity contribution >= 4 is 24.8 Å². The second-order valence-electron chi connectivity index (χ2n) is 9.67. The van der Waals surface area contributed by atoms with Crippen LogP contribution in [0.1, 0.15) is 55.7 Å². The quantitative estimate of drug-likeness (QED) is 0.431. The highest BCUT2D eigenvalue weighted by atomic mass is 35.5. The van der Waals surface area contributed by atoms with Gasteiger partial charge in [0.25, 0.3) is 0 Å². The van der Waals surface area contributed by atoms with E-state index in [-0.39, 0.29) is 42.4 Å². The zero-order chi connectivity index (χ0) is 24.1. The molecular formula is C27H37Cl2F3N2O2. The highest BCUT2D eigenvalue weighted by Crippen LogP contribution is 2.39. The van der Waals surface area contributed by atoms with Crippen molar-refractivity contribution in [1.82, 2.24) is 9.80 Å². The van der Waals surface area contributed by atoms with Crippen molar-refractivity contribution in [2.75, 3.05) is 32.7 Å². The smallest absolute Gasteiger partial charge is 0.406 e. The summed E-state index contributed by atoms with van der Waals surface area (Å²) >= 11 is 0. The van der Waals surface area contributed by atoms with E-state index in [1.165, 1.54) is 17.7 Å². The molecule has 9 heteroatoms. The lowest BCUT2D eigenvalue weighted by atomic mass is 9.74. The van der Waals surface area contributed by atoms with Gasteiger partial charge in [-0.05, 0) is 48.9 Å². The highest BCUT2D eigenvalue weighted by Gasteiger charge is 2.35. The van der Waals surface area contributed by atoms with Gasteiger partial charge in [0.2, 0.25) is 0 Å². The minimum absolute atomic E-state index is 0. The summed E-state index contributed by atoms with van der Waals surface area (Å²) in [6.07, 6.45) is -1.46. The van der Waals surface area contributed by atoms with Crippen LogP contribution in [0.25, 0.3) is 0 Å². The van der Waals surface area contributed by atoms with Crippen LogP contribution in [-0.4, -0.2) is 60.1 Å². The summed E-state index contributed by atoms with van der Waals surface area (Å²) in [5.41, 5.74) is 2.12. The van der Waals surface area contributed by atoms with Crippen LogP contribution < -0.4 is 4.74 Å². The summed E-state index contributed by atoms with van der Waals surface area (Å²) in [4.78, 5) is 4.88. The van der Waals surface area contributed by atoms with Gasteiger partial charge in [0.1, 0.15) is 5.75 Å². The van der Waals surface area contributed by atoms with Gasteiger partial charge in [-0.3, -0.25) is 4.90 Å². The first-order chi connectivity index (χ1) is 16.3. The van der Waals surface area contributed by atoms with Gasteiger partial charge in [-0.25, -0.2) is 0 Å². The molecule has 202 valence electrons. The highest BCUT2D eigenvalue weighted by molar-refractivity contribution is 5.85. The third kappa shape index (κ3) is 8.25. The second kappa shape index (κ2) is 13.9. The van der Waals surface area contributed by atoms with Crippen molar-refractivity contribution < 1.29 is 23.0 Å². The van der Waals surface area contributed by atoms with E-state index >= 15 is 0 Å². The number of aliphatic hydroxyl groups excluding tert-OH is 1. The number of rotatable bonds is 7. The van der Waals surface area contributed by atoms with Gasteiger partial charge in [0.05, 0.1) is 6.10 Å². The molecule has 2 aromatic rings. The van der Waals surface area contributed by atoms with Gasteiger partial charge in [0, 0.05) is 44.7 Å². The van der Waals surface area contributed by atoms with Gasteiger partial charge in [-0.15, -0.1) is 38.0 Å². The molecule has 1 saturated heterocycles. The number of piperazine rings is 1. The van der Waals surface area contributed by atoms with E-state index in [1.807, 2.05) is 12.1 Å². The van der Waals surface area contributed by atoms with E-state index in [1.54, 1.807) is 6.07 Å². The Morgan fingerprint density at radius 1 is 0.917 bits per heavy atom. The van der Waals surface area contributed by atoms with Crippen LogP contribution in [0.15, 0.2) is 54.6 Å². The SMILES string of the molecule is C[C@@H](c1ccccc1)N1CCN(C[C@H](c2cccc(OC(F)(F)F)c2)C2CCCCC2O)CC1.Cl.Cl. The lowest BCUT2D eigenvalue weighted by molar-refractivity contribution is -0.274. The third-order valence-corrected chi connectivity index (χ3v) is 7.51. The van der Waals surface area contributed by atoms with E-state index in [4.69, 9.17) is 0 Å². The normalized spacial score (nSPS) is 23.1. The Balaban J connectivity index is 0.00000228. The monoisotopic (exact) mass is 548 g/mol. The molecule has 2 fully saturated rings. The number of hydrogen-bond donors (Lipinski definition) is 1. The first-order valence-corrected chi connectivity index (χ1v) is 12.4. The topological polar surface area (TPSA) is 35.9 Å². The van der Waals surface area contributed by atoms with Gasteiger partial charge < -0.3 is 14.7 Å². The Morgan fingerprint density at radius 2 is 1.56 bits per heavy atom. The van der Waals surface area contributed by atoms with Crippen molar-refractivity contribution in [1.29, 1.82) is 0 Å². The molecule has 1 heterocycles. The maximum atomic E-state index is 12.8. The Labute approximate surface area is 224 Å². The fourth-order valence-electron chi connectivity index (χ4n) is 5.59. The molecule has 0 spiro atoms. The second-order valence-corrected chi connectivity index (χ2v) is 9.67. The zero-order valence-corrected chi connectivity index (χ0v) is 22.2. The largest absolute Gasteiger partial charge is 0.573 e. The summed E-state index contributed by atoms with van der Waals surface area (Å²) in [5.74, 6) is -0.192. The van der Waals surface area contributed by atoms with E-state index in [0.717, 1.165) is 64.0 Å². The van der Waals surface area contributed by atoms with Crippen LogP contribution in [0.2, 0.25) is 0 Å². The molecule has 1 aliphatic carbocycles. The van der Waals surface area contributed by atoms with Crippen LogP contribution in [0.4, 0.5) is 13.2 Å². The molecule has 2 aromatic carbocycles. The molecule has 2 aliphatic rings. The summed E-state index contributed by atoms with van der Waals surface area (Å²) in [6, 6.07) is 17.2. The number of benzene rings is 2. The van der Waals surface area contributed by atoms with E-state index in [2.05, 4.69) is 45.7 Å². The summed E-state index contributed by atoms with van der Waals surface area (Å²) in [5, 5.41) is 10.8. The Hall–Kier alpha value is -1.51. The number of alkyl halides is 3. The lowest BCUT2D eigenvalue weighted by Gasteiger charge is -2.42. The number of nitrogens with zero attached hydrogens (tertiary/aromatic N) is 2. The van der Waals surface area contributed by atoms with Gasteiger partial charge in [0.15, 0.2) is 0 Å². The fourth-order valence-corrected chi connectivity index (χ4v) is 5.59. The van der Waals surface area contributed by atoms with Crippen molar-refractivity contribution in [3.8, 4) is 5.75 Å².